The van der Waals surface area contributed by atoms with Gasteiger partial charge in [-0.2, -0.15) is 12.7 Å². The average Bonchev–Trinajstić information content (AvgIpc) is 3.17. The molecule has 2 atom stereocenters. The Morgan fingerprint density at radius 2 is 1.84 bits per heavy atom. The maximum atomic E-state index is 13.6. The molecule has 2 aromatic heterocycles. The van der Waals surface area contributed by atoms with Gasteiger partial charge in [0.25, 0.3) is 0 Å². The Morgan fingerprint density at radius 3 is 2.51 bits per heavy atom. The molecule has 1 aromatic carbocycles. The summed E-state index contributed by atoms with van der Waals surface area (Å²) >= 11 is 0. The number of rotatable bonds is 9. The quantitative estimate of drug-likeness (QED) is 0.365. The number of carbonyl (C=O) groups is 1. The van der Waals surface area contributed by atoms with Gasteiger partial charge in [0.15, 0.2) is 0 Å². The molecule has 1 aliphatic carbocycles. The molecule has 230 valence electrons. The highest BCUT2D eigenvalue weighted by molar-refractivity contribution is 7.90. The van der Waals surface area contributed by atoms with Gasteiger partial charge in [-0.05, 0) is 71.0 Å². The molecule has 0 bridgehead atoms. The zero-order chi connectivity index (χ0) is 30.5. The summed E-state index contributed by atoms with van der Waals surface area (Å²) in [6.07, 6.45) is 6.51. The first-order valence-corrected chi connectivity index (χ1v) is 16.4. The number of aromatic nitrogens is 2. The highest BCUT2D eigenvalue weighted by atomic mass is 32.2. The number of anilines is 2. The van der Waals surface area contributed by atoms with Crippen LogP contribution >= 0.6 is 0 Å². The number of amides is 1. The van der Waals surface area contributed by atoms with Gasteiger partial charge in [-0.3, -0.25) is 14.5 Å². The lowest BCUT2D eigenvalue weighted by Crippen LogP contribution is -2.49. The molecule has 3 aliphatic rings. The smallest absolute Gasteiger partial charge is 0.301 e. The van der Waals surface area contributed by atoms with E-state index in [1.165, 1.54) is 4.31 Å². The molecule has 11 nitrogen and oxygen atoms in total. The topological polar surface area (TPSA) is 117 Å². The molecule has 2 aliphatic heterocycles. The van der Waals surface area contributed by atoms with Crippen LogP contribution in [0.25, 0.3) is 22.0 Å². The van der Waals surface area contributed by atoms with Crippen LogP contribution in [0.4, 0.5) is 11.4 Å². The Morgan fingerprint density at radius 1 is 1.09 bits per heavy atom. The van der Waals surface area contributed by atoms with Gasteiger partial charge in [-0.1, -0.05) is 12.5 Å². The van der Waals surface area contributed by atoms with E-state index in [4.69, 9.17) is 9.47 Å². The molecule has 1 saturated carbocycles. The molecule has 6 rings (SSSR count). The van der Waals surface area contributed by atoms with E-state index < -0.39 is 15.6 Å². The van der Waals surface area contributed by atoms with Crippen LogP contribution in [-0.2, 0) is 25.2 Å². The van der Waals surface area contributed by atoms with Crippen LogP contribution in [0.2, 0.25) is 0 Å². The van der Waals surface area contributed by atoms with E-state index in [9.17, 15) is 13.2 Å². The molecule has 3 aromatic rings. The van der Waals surface area contributed by atoms with Gasteiger partial charge < -0.3 is 19.3 Å². The van der Waals surface area contributed by atoms with Crippen molar-refractivity contribution in [1.82, 2.24) is 19.2 Å². The standard InChI is InChI=1S/C31H40N6O5S/c1-20-18-37(19-21(2)42-20)43(39,40)34-26-15-23(16-33-29(26)41-13-7-12-35(3)4)22-8-9-25-24(14-22)28-27(17-32-25)36(5)30(38)31(28)10-6-11-31/h8-9,14-17,20-21,34H,6-7,10-13,18-19H2,1-5H3. The predicted octanol–water partition coefficient (Wildman–Crippen LogP) is 3.79. The lowest BCUT2D eigenvalue weighted by atomic mass is 9.64. The molecule has 2 unspecified atom stereocenters. The van der Waals surface area contributed by atoms with Crippen molar-refractivity contribution in [3.05, 3.63) is 42.2 Å². The number of likely N-dealkylation sites (N-methyl/N-ethyl adjacent to an activating group) is 1. The van der Waals surface area contributed by atoms with Crippen molar-refractivity contribution in [2.45, 2.75) is 57.2 Å². The largest absolute Gasteiger partial charge is 0.476 e. The summed E-state index contributed by atoms with van der Waals surface area (Å²) < 4.78 is 43.0. The maximum absolute atomic E-state index is 13.6. The van der Waals surface area contributed by atoms with Crippen LogP contribution in [-0.4, -0.2) is 93.1 Å². The van der Waals surface area contributed by atoms with Crippen molar-refractivity contribution in [1.29, 1.82) is 0 Å². The van der Waals surface area contributed by atoms with E-state index in [0.717, 1.165) is 65.5 Å². The van der Waals surface area contributed by atoms with Crippen LogP contribution in [0, 0.1) is 0 Å². The van der Waals surface area contributed by atoms with Crippen LogP contribution in [0.5, 0.6) is 5.88 Å². The van der Waals surface area contributed by atoms with E-state index in [1.807, 2.05) is 53.2 Å². The summed E-state index contributed by atoms with van der Waals surface area (Å²) in [5, 5.41) is 0.940. The molecular weight excluding hydrogens is 568 g/mol. The Kier molecular flexibility index (Phi) is 7.82. The number of hydrogen-bond acceptors (Lipinski definition) is 8. The van der Waals surface area contributed by atoms with Crippen molar-refractivity contribution in [2.75, 3.05) is 57.0 Å². The van der Waals surface area contributed by atoms with Gasteiger partial charge in [-0.15, -0.1) is 0 Å². The minimum absolute atomic E-state index is 0.134. The fourth-order valence-corrected chi connectivity index (χ4v) is 7.89. The SMILES string of the molecule is CC1CN(S(=O)(=O)Nc2cc(-c3ccc4ncc5c(c4c3)C3(CCC3)C(=O)N5C)cnc2OCCCN(C)C)CC(C)O1. The summed E-state index contributed by atoms with van der Waals surface area (Å²) in [6, 6.07) is 7.72. The number of fused-ring (bicyclic) bond motifs is 4. The number of nitrogens with one attached hydrogen (secondary N) is 1. The minimum atomic E-state index is -3.91. The second-order valence-corrected chi connectivity index (χ2v) is 14.0. The van der Waals surface area contributed by atoms with Gasteiger partial charge in [0, 0.05) is 49.4 Å². The Hall–Kier alpha value is -3.32. The van der Waals surface area contributed by atoms with E-state index in [2.05, 4.69) is 19.6 Å². The number of benzene rings is 1. The van der Waals surface area contributed by atoms with Gasteiger partial charge in [0.05, 0.1) is 41.6 Å². The van der Waals surface area contributed by atoms with Crippen molar-refractivity contribution < 1.29 is 22.7 Å². The van der Waals surface area contributed by atoms with Crippen molar-refractivity contribution in [3.63, 3.8) is 0 Å². The van der Waals surface area contributed by atoms with Crippen molar-refractivity contribution >= 4 is 38.4 Å². The molecule has 12 heteroatoms. The highest BCUT2D eigenvalue weighted by Gasteiger charge is 2.54. The first-order valence-electron chi connectivity index (χ1n) is 14.9. The van der Waals surface area contributed by atoms with Crippen LogP contribution < -0.4 is 14.4 Å². The lowest BCUT2D eigenvalue weighted by molar-refractivity contribution is -0.125. The molecule has 1 N–H and O–H groups in total. The van der Waals surface area contributed by atoms with Crippen molar-refractivity contribution in [2.24, 2.45) is 0 Å². The summed E-state index contributed by atoms with van der Waals surface area (Å²) in [7, 11) is 1.89. The fraction of sp³-hybridized carbons (Fsp3) is 0.516. The lowest BCUT2D eigenvalue weighted by Gasteiger charge is -2.37. The molecule has 1 saturated heterocycles. The number of pyridine rings is 2. The summed E-state index contributed by atoms with van der Waals surface area (Å²) in [6.45, 7) is 5.46. The third-order valence-corrected chi connectivity index (χ3v) is 10.2. The number of hydrogen-bond donors (Lipinski definition) is 1. The normalized spacial score (nSPS) is 21.8. The Balaban J connectivity index is 1.37. The van der Waals surface area contributed by atoms with E-state index in [-0.39, 0.29) is 42.8 Å². The number of carbonyl (C=O) groups excluding carboxylic acids is 1. The Labute approximate surface area is 253 Å². The summed E-state index contributed by atoms with van der Waals surface area (Å²) in [4.78, 5) is 26.3. The van der Waals surface area contributed by atoms with Gasteiger partial charge in [0.2, 0.25) is 11.8 Å². The Bertz CT molecular complexity index is 1650. The molecule has 4 heterocycles. The highest BCUT2D eigenvalue weighted by Crippen LogP contribution is 2.55. The molecule has 1 amide bonds. The molecule has 2 fully saturated rings. The van der Waals surface area contributed by atoms with E-state index >= 15 is 0 Å². The minimum Gasteiger partial charge on any atom is -0.476 e. The third-order valence-electron chi connectivity index (χ3n) is 8.75. The number of ether oxygens (including phenoxy) is 2. The average molecular weight is 609 g/mol. The van der Waals surface area contributed by atoms with Crippen LogP contribution in [0.15, 0.2) is 36.7 Å². The van der Waals surface area contributed by atoms with E-state index in [1.54, 1.807) is 23.4 Å². The molecule has 43 heavy (non-hydrogen) atoms. The van der Waals surface area contributed by atoms with E-state index in [0.29, 0.717) is 6.61 Å². The molecular formula is C31H40N6O5S. The number of morpholine rings is 1. The van der Waals surface area contributed by atoms with Gasteiger partial charge >= 0.3 is 10.2 Å². The third kappa shape index (κ3) is 5.45. The van der Waals surface area contributed by atoms with Gasteiger partial charge in [-0.25, -0.2) is 4.98 Å². The second kappa shape index (κ2) is 11.3. The molecule has 0 radical (unpaired) electrons. The first-order chi connectivity index (χ1) is 20.5. The van der Waals surface area contributed by atoms with Gasteiger partial charge in [0.1, 0.15) is 5.69 Å². The maximum Gasteiger partial charge on any atom is 0.301 e. The van der Waals surface area contributed by atoms with Crippen LogP contribution in [0.1, 0.15) is 45.1 Å². The predicted molar refractivity (Wildman–Crippen MR) is 167 cm³/mol. The monoisotopic (exact) mass is 608 g/mol. The van der Waals surface area contributed by atoms with Crippen molar-refractivity contribution in [3.8, 4) is 17.0 Å². The molecule has 1 spiro atoms. The first kappa shape index (κ1) is 29.7. The summed E-state index contributed by atoms with van der Waals surface area (Å²) in [5.41, 5.74) is 4.08. The zero-order valence-electron chi connectivity index (χ0n) is 25.5. The fourth-order valence-electron chi connectivity index (χ4n) is 6.53. The number of nitrogens with zero attached hydrogens (tertiary/aromatic N) is 5. The van der Waals surface area contributed by atoms with Crippen LogP contribution in [0.3, 0.4) is 0 Å². The zero-order valence-corrected chi connectivity index (χ0v) is 26.3. The second-order valence-electron chi connectivity index (χ2n) is 12.3. The summed E-state index contributed by atoms with van der Waals surface area (Å²) in [5.74, 6) is 0.360.